The van der Waals surface area contributed by atoms with E-state index in [1.54, 1.807) is 13.3 Å². The summed E-state index contributed by atoms with van der Waals surface area (Å²) in [5, 5.41) is 7.70. The second-order valence-electron chi connectivity index (χ2n) is 6.08. The van der Waals surface area contributed by atoms with E-state index in [0.717, 1.165) is 30.1 Å². The topological polar surface area (TPSA) is 48.9 Å². The minimum Gasteiger partial charge on any atom is -0.497 e. The molecule has 0 atom stereocenters. The predicted octanol–water partition coefficient (Wildman–Crippen LogP) is 4.64. The van der Waals surface area contributed by atoms with E-state index in [4.69, 9.17) is 17.0 Å². The summed E-state index contributed by atoms with van der Waals surface area (Å²) in [5.41, 5.74) is 5.94. The lowest BCUT2D eigenvalue weighted by Crippen LogP contribution is -2.24. The van der Waals surface area contributed by atoms with Gasteiger partial charge in [-0.25, -0.2) is 0 Å². The molecule has 0 heterocycles. The molecule has 0 saturated carbocycles. The van der Waals surface area contributed by atoms with E-state index < -0.39 is 0 Å². The number of ether oxygens (including phenoxy) is 1. The first-order chi connectivity index (χ1) is 13.2. The molecule has 0 aliphatic heterocycles. The molecular formula is C21H28N4OS. The quantitative estimate of drug-likeness (QED) is 0.375. The van der Waals surface area contributed by atoms with Crippen LogP contribution < -0.4 is 20.4 Å². The maximum atomic E-state index is 5.26. The summed E-state index contributed by atoms with van der Waals surface area (Å²) in [7, 11) is 1.63. The molecule has 0 fully saturated rings. The summed E-state index contributed by atoms with van der Waals surface area (Å²) in [6.07, 6.45) is 4.17. The van der Waals surface area contributed by atoms with Crippen molar-refractivity contribution in [3.05, 3.63) is 54.1 Å². The van der Waals surface area contributed by atoms with E-state index in [-0.39, 0.29) is 0 Å². The normalized spacial score (nSPS) is 10.6. The first kappa shape index (κ1) is 20.7. The van der Waals surface area contributed by atoms with Gasteiger partial charge < -0.3 is 15.0 Å². The van der Waals surface area contributed by atoms with Crippen LogP contribution >= 0.6 is 12.2 Å². The summed E-state index contributed by atoms with van der Waals surface area (Å²) < 4.78 is 5.19. The number of rotatable bonds is 9. The Hall–Kier alpha value is -2.60. The molecule has 0 amide bonds. The van der Waals surface area contributed by atoms with E-state index >= 15 is 0 Å². The van der Waals surface area contributed by atoms with Crippen molar-refractivity contribution in [2.75, 3.05) is 30.4 Å². The Bertz CT molecular complexity index is 746. The monoisotopic (exact) mass is 384 g/mol. The molecule has 0 radical (unpaired) electrons. The number of methoxy groups -OCH3 is 1. The van der Waals surface area contributed by atoms with E-state index in [1.807, 2.05) is 24.3 Å². The number of thiocarbonyl (C=S) groups is 1. The fourth-order valence-corrected chi connectivity index (χ4v) is 2.79. The van der Waals surface area contributed by atoms with Crippen LogP contribution in [-0.4, -0.2) is 31.5 Å². The van der Waals surface area contributed by atoms with Gasteiger partial charge >= 0.3 is 0 Å². The van der Waals surface area contributed by atoms with Crippen molar-refractivity contribution in [2.45, 2.75) is 26.7 Å². The molecule has 2 rings (SSSR count). The number of benzene rings is 2. The van der Waals surface area contributed by atoms with Crippen molar-refractivity contribution >= 4 is 34.9 Å². The molecule has 2 aromatic carbocycles. The van der Waals surface area contributed by atoms with Crippen LogP contribution in [0.15, 0.2) is 53.6 Å². The lowest BCUT2D eigenvalue weighted by Gasteiger charge is -2.22. The van der Waals surface area contributed by atoms with E-state index in [1.165, 1.54) is 18.5 Å². The van der Waals surface area contributed by atoms with Crippen LogP contribution in [0.4, 0.5) is 11.4 Å². The van der Waals surface area contributed by atoms with Crippen molar-refractivity contribution in [1.82, 2.24) is 5.43 Å². The number of hydrogen-bond donors (Lipinski definition) is 2. The molecule has 0 spiro atoms. The maximum absolute atomic E-state index is 5.26. The number of hydrazone groups is 1. The Balaban J connectivity index is 1.87. The number of nitrogens with zero attached hydrogens (tertiary/aromatic N) is 2. The maximum Gasteiger partial charge on any atom is 0.191 e. The third kappa shape index (κ3) is 6.90. The third-order valence-electron chi connectivity index (χ3n) is 4.13. The number of hydrogen-bond acceptors (Lipinski definition) is 4. The highest BCUT2D eigenvalue weighted by Gasteiger charge is 2.03. The van der Waals surface area contributed by atoms with Gasteiger partial charge in [0.2, 0.25) is 0 Å². The summed E-state index contributed by atoms with van der Waals surface area (Å²) in [4.78, 5) is 2.38. The minimum atomic E-state index is 0.424. The lowest BCUT2D eigenvalue weighted by atomic mass is 10.2. The van der Waals surface area contributed by atoms with Gasteiger partial charge in [-0.3, -0.25) is 5.43 Å². The Labute approximate surface area is 167 Å². The van der Waals surface area contributed by atoms with Gasteiger partial charge in [-0.05, 0) is 55.4 Å². The SMILES string of the molecule is CCCCN(CC)c1ccc(/C=N\NC(=S)Nc2cccc(OC)c2)cc1. The van der Waals surface area contributed by atoms with Crippen molar-refractivity contribution in [2.24, 2.45) is 5.10 Å². The molecule has 2 N–H and O–H groups in total. The van der Waals surface area contributed by atoms with Gasteiger partial charge in [0.1, 0.15) is 5.75 Å². The smallest absolute Gasteiger partial charge is 0.191 e. The fraction of sp³-hybridized carbons (Fsp3) is 0.333. The van der Waals surface area contributed by atoms with Crippen LogP contribution in [0.5, 0.6) is 5.75 Å². The molecule has 144 valence electrons. The van der Waals surface area contributed by atoms with Crippen molar-refractivity contribution in [3.8, 4) is 5.75 Å². The van der Waals surface area contributed by atoms with Crippen LogP contribution in [0.1, 0.15) is 32.3 Å². The second kappa shape index (κ2) is 11.2. The number of unbranched alkanes of at least 4 members (excludes halogenated alkanes) is 1. The molecule has 0 aliphatic rings. The highest BCUT2D eigenvalue weighted by atomic mass is 32.1. The average molecular weight is 385 g/mol. The van der Waals surface area contributed by atoms with E-state index in [9.17, 15) is 0 Å². The van der Waals surface area contributed by atoms with Crippen LogP contribution in [0.25, 0.3) is 0 Å². The Morgan fingerprint density at radius 3 is 2.63 bits per heavy atom. The van der Waals surface area contributed by atoms with Gasteiger partial charge in [-0.2, -0.15) is 5.10 Å². The highest BCUT2D eigenvalue weighted by molar-refractivity contribution is 7.80. The molecule has 0 aliphatic carbocycles. The standard InChI is InChI=1S/C21H28N4OS/c1-4-6-14-25(5-2)19-12-10-17(11-13-19)16-22-24-21(27)23-18-8-7-9-20(15-18)26-3/h7-13,15-16H,4-6,14H2,1-3H3,(H2,23,24,27)/b22-16-. The van der Waals surface area contributed by atoms with Gasteiger partial charge in [0, 0.05) is 30.5 Å². The number of anilines is 2. The lowest BCUT2D eigenvalue weighted by molar-refractivity contribution is 0.415. The highest BCUT2D eigenvalue weighted by Crippen LogP contribution is 2.17. The Morgan fingerprint density at radius 2 is 1.96 bits per heavy atom. The Morgan fingerprint density at radius 1 is 1.19 bits per heavy atom. The van der Waals surface area contributed by atoms with Gasteiger partial charge in [0.15, 0.2) is 5.11 Å². The first-order valence-corrected chi connectivity index (χ1v) is 9.66. The average Bonchev–Trinajstić information content (AvgIpc) is 2.69. The molecule has 6 heteroatoms. The van der Waals surface area contributed by atoms with Gasteiger partial charge in [-0.15, -0.1) is 0 Å². The molecule has 0 saturated heterocycles. The minimum absolute atomic E-state index is 0.424. The van der Waals surface area contributed by atoms with Gasteiger partial charge in [-0.1, -0.05) is 31.5 Å². The van der Waals surface area contributed by atoms with Crippen molar-refractivity contribution < 1.29 is 4.74 Å². The van der Waals surface area contributed by atoms with E-state index in [2.05, 4.69) is 58.9 Å². The summed E-state index contributed by atoms with van der Waals surface area (Å²) in [6.45, 7) is 6.50. The Kier molecular flexibility index (Phi) is 8.58. The molecule has 5 nitrogen and oxygen atoms in total. The zero-order chi connectivity index (χ0) is 19.5. The summed E-state index contributed by atoms with van der Waals surface area (Å²) >= 11 is 5.26. The first-order valence-electron chi connectivity index (χ1n) is 9.25. The second-order valence-corrected chi connectivity index (χ2v) is 6.49. The molecular weight excluding hydrogens is 356 g/mol. The van der Waals surface area contributed by atoms with E-state index in [0.29, 0.717) is 5.11 Å². The summed E-state index contributed by atoms with van der Waals surface area (Å²) in [5.74, 6) is 0.770. The zero-order valence-corrected chi connectivity index (χ0v) is 17.1. The van der Waals surface area contributed by atoms with Gasteiger partial charge in [0.05, 0.1) is 13.3 Å². The van der Waals surface area contributed by atoms with Gasteiger partial charge in [0.25, 0.3) is 0 Å². The largest absolute Gasteiger partial charge is 0.497 e. The molecule has 2 aromatic rings. The van der Waals surface area contributed by atoms with Crippen molar-refractivity contribution in [1.29, 1.82) is 0 Å². The fourth-order valence-electron chi connectivity index (χ4n) is 2.62. The number of nitrogens with one attached hydrogen (secondary N) is 2. The molecule has 0 aromatic heterocycles. The van der Waals surface area contributed by atoms with Crippen LogP contribution in [0.2, 0.25) is 0 Å². The van der Waals surface area contributed by atoms with Crippen LogP contribution in [0, 0.1) is 0 Å². The predicted molar refractivity (Wildman–Crippen MR) is 119 cm³/mol. The van der Waals surface area contributed by atoms with Crippen molar-refractivity contribution in [3.63, 3.8) is 0 Å². The molecule has 0 unspecified atom stereocenters. The zero-order valence-electron chi connectivity index (χ0n) is 16.2. The van der Waals surface area contributed by atoms with Crippen LogP contribution in [0.3, 0.4) is 0 Å². The third-order valence-corrected chi connectivity index (χ3v) is 4.32. The summed E-state index contributed by atoms with van der Waals surface area (Å²) in [6, 6.07) is 16.0. The van der Waals surface area contributed by atoms with Crippen LogP contribution in [-0.2, 0) is 0 Å². The molecule has 27 heavy (non-hydrogen) atoms. The molecule has 0 bridgehead atoms.